The van der Waals surface area contributed by atoms with Crippen LogP contribution in [0.1, 0.15) is 39.4 Å². The Hall–Kier alpha value is -2.36. The summed E-state index contributed by atoms with van der Waals surface area (Å²) in [6.07, 6.45) is 1.76. The highest BCUT2D eigenvalue weighted by Crippen LogP contribution is 2.24. The summed E-state index contributed by atoms with van der Waals surface area (Å²) < 4.78 is 7.73. The van der Waals surface area contributed by atoms with Crippen molar-refractivity contribution in [3.05, 3.63) is 24.0 Å². The normalized spacial score (nSPS) is 15.1. The van der Waals surface area contributed by atoms with E-state index in [0.29, 0.717) is 32.1 Å². The van der Waals surface area contributed by atoms with Gasteiger partial charge in [-0.3, -0.25) is 0 Å². The van der Waals surface area contributed by atoms with Crippen LogP contribution in [0.4, 0.5) is 10.5 Å². The number of fused-ring (bicyclic) bond motifs is 1. The van der Waals surface area contributed by atoms with Crippen molar-refractivity contribution < 1.29 is 19.7 Å². The van der Waals surface area contributed by atoms with Crippen LogP contribution in [0.15, 0.2) is 18.2 Å². The zero-order valence-corrected chi connectivity index (χ0v) is 20.4. The minimum absolute atomic E-state index is 0.00698. The first-order chi connectivity index (χ1) is 15.7. The quantitative estimate of drug-likeness (QED) is 0.525. The number of aromatic nitrogens is 2. The van der Waals surface area contributed by atoms with Crippen molar-refractivity contribution >= 4 is 22.8 Å². The molecule has 0 saturated carbocycles. The third-order valence-corrected chi connectivity index (χ3v) is 5.98. The highest BCUT2D eigenvalue weighted by atomic mass is 16.6. The molecule has 1 amide bonds. The van der Waals surface area contributed by atoms with E-state index in [1.807, 2.05) is 55.5 Å². The van der Waals surface area contributed by atoms with E-state index in [2.05, 4.69) is 5.32 Å². The molecule has 184 valence electrons. The van der Waals surface area contributed by atoms with E-state index in [0.717, 1.165) is 48.5 Å². The minimum atomic E-state index is -0.562. The van der Waals surface area contributed by atoms with Crippen molar-refractivity contribution in [3.63, 3.8) is 0 Å². The van der Waals surface area contributed by atoms with Gasteiger partial charge in [0.2, 0.25) is 0 Å². The predicted octanol–water partition coefficient (Wildman–Crippen LogP) is 2.10. The Morgan fingerprint density at radius 2 is 1.88 bits per heavy atom. The van der Waals surface area contributed by atoms with Crippen molar-refractivity contribution in [2.24, 2.45) is 13.0 Å². The number of amides is 1. The van der Waals surface area contributed by atoms with E-state index < -0.39 is 5.60 Å². The lowest BCUT2D eigenvalue weighted by Crippen LogP contribution is -2.42. The molecule has 9 heteroatoms. The van der Waals surface area contributed by atoms with Crippen LogP contribution in [0.25, 0.3) is 11.0 Å². The highest BCUT2D eigenvalue weighted by Gasteiger charge is 2.27. The van der Waals surface area contributed by atoms with Crippen LogP contribution < -0.4 is 10.2 Å². The number of nitrogens with zero attached hydrogens (tertiary/aromatic N) is 4. The number of hydrogen-bond acceptors (Lipinski definition) is 7. The Bertz CT molecular complexity index is 911. The Labute approximate surface area is 196 Å². The lowest BCUT2D eigenvalue weighted by molar-refractivity contribution is 0.0185. The molecule has 0 aliphatic carbocycles. The average molecular weight is 462 g/mol. The van der Waals surface area contributed by atoms with Gasteiger partial charge >= 0.3 is 6.09 Å². The van der Waals surface area contributed by atoms with Gasteiger partial charge in [0.1, 0.15) is 11.4 Å². The molecule has 3 rings (SSSR count). The van der Waals surface area contributed by atoms with E-state index in [1.165, 1.54) is 0 Å². The number of imidazole rings is 1. The molecule has 1 aliphatic heterocycles. The molecule has 0 radical (unpaired) electrons. The van der Waals surface area contributed by atoms with E-state index >= 15 is 0 Å². The van der Waals surface area contributed by atoms with Gasteiger partial charge in [-0.05, 0) is 70.8 Å². The monoisotopic (exact) mass is 461 g/mol. The van der Waals surface area contributed by atoms with Gasteiger partial charge < -0.3 is 34.6 Å². The number of aryl methyl sites for hydroxylation is 1. The summed E-state index contributed by atoms with van der Waals surface area (Å²) in [4.78, 5) is 21.6. The zero-order valence-electron chi connectivity index (χ0n) is 20.4. The van der Waals surface area contributed by atoms with Crippen LogP contribution in [0.5, 0.6) is 0 Å². The van der Waals surface area contributed by atoms with Gasteiger partial charge in [0.05, 0.1) is 30.8 Å². The van der Waals surface area contributed by atoms with Crippen molar-refractivity contribution in [1.82, 2.24) is 19.8 Å². The van der Waals surface area contributed by atoms with Gasteiger partial charge in [0.15, 0.2) is 0 Å². The minimum Gasteiger partial charge on any atom is -0.444 e. The van der Waals surface area contributed by atoms with Crippen LogP contribution in [-0.4, -0.2) is 82.3 Å². The van der Waals surface area contributed by atoms with Crippen molar-refractivity contribution in [3.8, 4) is 0 Å². The number of anilines is 1. The maximum atomic E-state index is 13.0. The Morgan fingerprint density at radius 1 is 1.21 bits per heavy atom. The second kappa shape index (κ2) is 11.2. The second-order valence-corrected chi connectivity index (χ2v) is 9.75. The molecular formula is C24H39N5O4. The molecule has 1 aliphatic rings. The van der Waals surface area contributed by atoms with E-state index in [9.17, 15) is 15.0 Å². The zero-order chi connectivity index (χ0) is 24.0. The molecule has 0 unspecified atom stereocenters. The molecule has 2 heterocycles. The third kappa shape index (κ3) is 6.82. The molecule has 1 aromatic carbocycles. The summed E-state index contributed by atoms with van der Waals surface area (Å²) in [6, 6.07) is 5.93. The average Bonchev–Trinajstić information content (AvgIpc) is 3.07. The highest BCUT2D eigenvalue weighted by molar-refractivity contribution is 5.80. The fraction of sp³-hybridized carbons (Fsp3) is 0.667. The molecule has 1 fully saturated rings. The van der Waals surface area contributed by atoms with E-state index in [-0.39, 0.29) is 19.3 Å². The maximum absolute atomic E-state index is 13.0. The van der Waals surface area contributed by atoms with Crippen molar-refractivity contribution in [1.29, 1.82) is 0 Å². The fourth-order valence-electron chi connectivity index (χ4n) is 4.26. The van der Waals surface area contributed by atoms with Gasteiger partial charge in [-0.15, -0.1) is 0 Å². The van der Waals surface area contributed by atoms with Gasteiger partial charge in [-0.25, -0.2) is 9.78 Å². The van der Waals surface area contributed by atoms with Gasteiger partial charge in [0, 0.05) is 32.4 Å². The third-order valence-electron chi connectivity index (χ3n) is 5.98. The molecule has 33 heavy (non-hydrogen) atoms. The summed E-state index contributed by atoms with van der Waals surface area (Å²) in [5, 5.41) is 22.1. The number of aliphatic hydroxyl groups excluding tert-OH is 2. The number of piperidine rings is 1. The predicted molar refractivity (Wildman–Crippen MR) is 129 cm³/mol. The van der Waals surface area contributed by atoms with Crippen LogP contribution in [0, 0.1) is 5.92 Å². The lowest BCUT2D eigenvalue weighted by atomic mass is 9.97. The van der Waals surface area contributed by atoms with Crippen LogP contribution in [0.3, 0.4) is 0 Å². The summed E-state index contributed by atoms with van der Waals surface area (Å²) >= 11 is 0. The van der Waals surface area contributed by atoms with E-state index in [1.54, 1.807) is 4.90 Å². The summed E-state index contributed by atoms with van der Waals surface area (Å²) in [5.74, 6) is 1.23. The smallest absolute Gasteiger partial charge is 0.410 e. The number of hydrogen-bond donors (Lipinski definition) is 3. The first-order valence-electron chi connectivity index (χ1n) is 11.8. The Kier molecular flexibility index (Phi) is 8.56. The van der Waals surface area contributed by atoms with Gasteiger partial charge in [0.25, 0.3) is 0 Å². The molecule has 3 N–H and O–H groups in total. The first kappa shape index (κ1) is 25.3. The molecule has 1 saturated heterocycles. The second-order valence-electron chi connectivity index (χ2n) is 9.75. The van der Waals surface area contributed by atoms with E-state index in [4.69, 9.17) is 9.72 Å². The number of carbonyl (C=O) groups is 1. The topological polar surface area (TPSA) is 103 Å². The number of aliphatic hydroxyl groups is 2. The number of rotatable bonds is 9. The molecule has 9 nitrogen and oxygen atoms in total. The Balaban J connectivity index is 1.85. The standard InChI is InChI=1S/C24H39N5O4/c1-24(2,3)33-23(32)29(16-18-7-9-25-10-8-18)17-22-26-20-15-19(5-6-21(20)27(22)4)28(11-13-30)12-14-31/h5-6,15,18,25,30-31H,7-14,16-17H2,1-4H3. The Morgan fingerprint density at radius 3 is 2.48 bits per heavy atom. The number of ether oxygens (including phenoxy) is 1. The first-order valence-corrected chi connectivity index (χ1v) is 11.8. The van der Waals surface area contributed by atoms with Crippen LogP contribution >= 0.6 is 0 Å². The molecular weight excluding hydrogens is 422 g/mol. The summed E-state index contributed by atoms with van der Waals surface area (Å²) in [6.45, 7) is 9.50. The maximum Gasteiger partial charge on any atom is 0.410 e. The van der Waals surface area contributed by atoms with Gasteiger partial charge in [-0.1, -0.05) is 0 Å². The van der Waals surface area contributed by atoms with Crippen LogP contribution in [0.2, 0.25) is 0 Å². The number of benzene rings is 1. The molecule has 1 aromatic heterocycles. The van der Waals surface area contributed by atoms with Crippen LogP contribution in [-0.2, 0) is 18.3 Å². The largest absolute Gasteiger partial charge is 0.444 e. The number of carbonyl (C=O) groups excluding carboxylic acids is 1. The van der Waals surface area contributed by atoms with Crippen molar-refractivity contribution in [2.75, 3.05) is 50.8 Å². The molecule has 0 spiro atoms. The summed E-state index contributed by atoms with van der Waals surface area (Å²) in [7, 11) is 1.96. The van der Waals surface area contributed by atoms with Gasteiger partial charge in [-0.2, -0.15) is 0 Å². The molecule has 0 bridgehead atoms. The summed E-state index contributed by atoms with van der Waals surface area (Å²) in [5.41, 5.74) is 2.12. The fourth-order valence-corrected chi connectivity index (χ4v) is 4.26. The molecule has 0 atom stereocenters. The molecule has 2 aromatic rings. The van der Waals surface area contributed by atoms with Crippen molar-refractivity contribution in [2.45, 2.75) is 45.8 Å². The number of nitrogens with one attached hydrogen (secondary N) is 1. The lowest BCUT2D eigenvalue weighted by Gasteiger charge is -2.31. The SMILES string of the molecule is Cn1c(CN(CC2CCNCC2)C(=O)OC(C)(C)C)nc2cc(N(CCO)CCO)ccc21.